The second kappa shape index (κ2) is 4.37. The molecule has 0 amide bonds. The zero-order chi connectivity index (χ0) is 11.6. The third-order valence-electron chi connectivity index (χ3n) is 3.38. The number of nitrogens with zero attached hydrogens (tertiary/aromatic N) is 2. The van der Waals surface area contributed by atoms with Crippen molar-refractivity contribution in [2.45, 2.75) is 38.1 Å². The number of carbonyl (C=O) groups excluding carboxylic acids is 1. The van der Waals surface area contributed by atoms with E-state index in [0.717, 1.165) is 31.4 Å². The van der Waals surface area contributed by atoms with Gasteiger partial charge in [0.05, 0.1) is 11.7 Å². The molecule has 1 saturated heterocycles. The van der Waals surface area contributed by atoms with Gasteiger partial charge in [-0.2, -0.15) is 5.10 Å². The number of aryl methyl sites for hydroxylation is 2. The molecular weight excluding hydrogens is 202 g/mol. The van der Waals surface area contributed by atoms with Crippen LogP contribution >= 0.6 is 0 Å². The highest BCUT2D eigenvalue weighted by molar-refractivity contribution is 5.88. The van der Waals surface area contributed by atoms with E-state index in [2.05, 4.69) is 10.4 Å². The second-order valence-corrected chi connectivity index (χ2v) is 4.81. The predicted octanol–water partition coefficient (Wildman–Crippen LogP) is 1.06. The van der Waals surface area contributed by atoms with Gasteiger partial charge in [0, 0.05) is 19.7 Å². The lowest BCUT2D eigenvalue weighted by Crippen LogP contribution is -2.44. The molecule has 1 aliphatic rings. The molecule has 4 nitrogen and oxygen atoms in total. The van der Waals surface area contributed by atoms with Crippen LogP contribution in [0.2, 0.25) is 0 Å². The first-order valence-electron chi connectivity index (χ1n) is 5.86. The summed E-state index contributed by atoms with van der Waals surface area (Å²) in [5.74, 6) is 0.328. The van der Waals surface area contributed by atoms with Crippen LogP contribution in [0.5, 0.6) is 0 Å². The van der Waals surface area contributed by atoms with Gasteiger partial charge in [0.15, 0.2) is 5.78 Å². The Morgan fingerprint density at radius 1 is 1.69 bits per heavy atom. The molecule has 1 unspecified atom stereocenters. The Labute approximate surface area is 96.0 Å². The van der Waals surface area contributed by atoms with Crippen LogP contribution in [0.3, 0.4) is 0 Å². The Morgan fingerprint density at radius 2 is 2.50 bits per heavy atom. The van der Waals surface area contributed by atoms with Crippen molar-refractivity contribution in [2.24, 2.45) is 7.05 Å². The van der Waals surface area contributed by atoms with Crippen LogP contribution in [0, 0.1) is 0 Å². The Hall–Kier alpha value is -1.16. The SMILES string of the molecule is Cn1cc(CCC(=O)C2(C)CCCN2)cn1. The van der Waals surface area contributed by atoms with Crippen LogP contribution in [0.4, 0.5) is 0 Å². The summed E-state index contributed by atoms with van der Waals surface area (Å²) in [5.41, 5.74) is 0.861. The van der Waals surface area contributed by atoms with Gasteiger partial charge in [0.2, 0.25) is 0 Å². The second-order valence-electron chi connectivity index (χ2n) is 4.81. The fourth-order valence-electron chi connectivity index (χ4n) is 2.27. The highest BCUT2D eigenvalue weighted by Gasteiger charge is 2.34. The van der Waals surface area contributed by atoms with Gasteiger partial charge >= 0.3 is 0 Å². The van der Waals surface area contributed by atoms with Crippen LogP contribution in [-0.2, 0) is 18.3 Å². The third kappa shape index (κ3) is 2.32. The minimum atomic E-state index is -0.276. The molecule has 1 atom stereocenters. The monoisotopic (exact) mass is 221 g/mol. The third-order valence-corrected chi connectivity index (χ3v) is 3.38. The summed E-state index contributed by atoms with van der Waals surface area (Å²) in [7, 11) is 1.89. The van der Waals surface area contributed by atoms with Gasteiger partial charge in [0.25, 0.3) is 0 Å². The van der Waals surface area contributed by atoms with E-state index in [1.54, 1.807) is 4.68 Å². The van der Waals surface area contributed by atoms with E-state index in [9.17, 15) is 4.79 Å². The van der Waals surface area contributed by atoms with Gasteiger partial charge in [-0.25, -0.2) is 0 Å². The van der Waals surface area contributed by atoms with Gasteiger partial charge in [-0.05, 0) is 38.3 Å². The zero-order valence-electron chi connectivity index (χ0n) is 9.99. The summed E-state index contributed by atoms with van der Waals surface area (Å²) in [6.07, 6.45) is 7.28. The number of nitrogens with one attached hydrogen (secondary N) is 1. The molecule has 1 fully saturated rings. The van der Waals surface area contributed by atoms with E-state index in [1.165, 1.54) is 0 Å². The van der Waals surface area contributed by atoms with Gasteiger partial charge in [-0.1, -0.05) is 0 Å². The molecule has 0 saturated carbocycles. The highest BCUT2D eigenvalue weighted by Crippen LogP contribution is 2.21. The normalized spacial score (nSPS) is 24.9. The van der Waals surface area contributed by atoms with Gasteiger partial charge in [-0.15, -0.1) is 0 Å². The lowest BCUT2D eigenvalue weighted by molar-refractivity contribution is -0.124. The quantitative estimate of drug-likeness (QED) is 0.827. The molecule has 1 aliphatic heterocycles. The number of hydrogen-bond donors (Lipinski definition) is 1. The van der Waals surface area contributed by atoms with Crippen molar-refractivity contribution >= 4 is 5.78 Å². The number of ketones is 1. The highest BCUT2D eigenvalue weighted by atomic mass is 16.1. The Morgan fingerprint density at radius 3 is 3.06 bits per heavy atom. The van der Waals surface area contributed by atoms with E-state index in [-0.39, 0.29) is 5.54 Å². The van der Waals surface area contributed by atoms with E-state index in [0.29, 0.717) is 12.2 Å². The fraction of sp³-hybridized carbons (Fsp3) is 0.667. The number of aromatic nitrogens is 2. The lowest BCUT2D eigenvalue weighted by atomic mass is 9.91. The summed E-state index contributed by atoms with van der Waals surface area (Å²) >= 11 is 0. The summed E-state index contributed by atoms with van der Waals surface area (Å²) in [6.45, 7) is 2.99. The number of carbonyl (C=O) groups is 1. The van der Waals surface area contributed by atoms with Crippen LogP contribution in [0.1, 0.15) is 31.7 Å². The lowest BCUT2D eigenvalue weighted by Gasteiger charge is -2.22. The molecule has 1 aromatic heterocycles. The summed E-state index contributed by atoms with van der Waals surface area (Å²) in [6, 6.07) is 0. The Kier molecular flexibility index (Phi) is 3.10. The molecule has 4 heteroatoms. The van der Waals surface area contributed by atoms with Crippen LogP contribution in [0.25, 0.3) is 0 Å². The first kappa shape index (κ1) is 11.3. The fourth-order valence-corrected chi connectivity index (χ4v) is 2.27. The van der Waals surface area contributed by atoms with Gasteiger partial charge in [-0.3, -0.25) is 9.48 Å². The zero-order valence-corrected chi connectivity index (χ0v) is 9.99. The molecule has 0 aliphatic carbocycles. The van der Waals surface area contributed by atoms with Crippen molar-refractivity contribution in [2.75, 3.05) is 6.54 Å². The maximum absolute atomic E-state index is 12.1. The standard InChI is InChI=1S/C12H19N3O/c1-12(6-3-7-13-12)11(16)5-4-10-8-14-15(2)9-10/h8-9,13H,3-7H2,1-2H3. The molecule has 1 N–H and O–H groups in total. The molecule has 88 valence electrons. The van der Waals surface area contributed by atoms with Crippen molar-refractivity contribution in [3.05, 3.63) is 18.0 Å². The summed E-state index contributed by atoms with van der Waals surface area (Å²) in [5, 5.41) is 7.40. The topological polar surface area (TPSA) is 46.9 Å². The molecule has 0 aromatic carbocycles. The minimum Gasteiger partial charge on any atom is -0.305 e. The Balaban J connectivity index is 1.88. The summed E-state index contributed by atoms with van der Waals surface area (Å²) in [4.78, 5) is 12.1. The van der Waals surface area contributed by atoms with Crippen LogP contribution < -0.4 is 5.32 Å². The smallest absolute Gasteiger partial charge is 0.152 e. The molecule has 0 spiro atoms. The maximum Gasteiger partial charge on any atom is 0.152 e. The Bertz CT molecular complexity index is 377. The molecule has 0 bridgehead atoms. The molecule has 2 heterocycles. The van der Waals surface area contributed by atoms with Gasteiger partial charge < -0.3 is 5.32 Å². The van der Waals surface area contributed by atoms with Crippen molar-refractivity contribution in [1.29, 1.82) is 0 Å². The van der Waals surface area contributed by atoms with Gasteiger partial charge in [0.1, 0.15) is 0 Å². The molecule has 0 radical (unpaired) electrons. The van der Waals surface area contributed by atoms with E-state index in [1.807, 2.05) is 26.4 Å². The first-order chi connectivity index (χ1) is 7.60. The number of rotatable bonds is 4. The maximum atomic E-state index is 12.1. The van der Waals surface area contributed by atoms with Crippen molar-refractivity contribution in [3.8, 4) is 0 Å². The van der Waals surface area contributed by atoms with E-state index < -0.39 is 0 Å². The van der Waals surface area contributed by atoms with E-state index in [4.69, 9.17) is 0 Å². The first-order valence-corrected chi connectivity index (χ1v) is 5.86. The molecule has 1 aromatic rings. The average Bonchev–Trinajstić information content (AvgIpc) is 2.85. The minimum absolute atomic E-state index is 0.276. The molecule has 2 rings (SSSR count). The van der Waals surface area contributed by atoms with E-state index >= 15 is 0 Å². The van der Waals surface area contributed by atoms with Crippen LogP contribution in [0.15, 0.2) is 12.4 Å². The van der Waals surface area contributed by atoms with Crippen molar-refractivity contribution < 1.29 is 4.79 Å². The molecular formula is C12H19N3O. The molecule has 16 heavy (non-hydrogen) atoms. The number of hydrogen-bond acceptors (Lipinski definition) is 3. The number of Topliss-reactive ketones (excluding diaryl/α,β-unsaturated/α-hetero) is 1. The van der Waals surface area contributed by atoms with Crippen molar-refractivity contribution in [1.82, 2.24) is 15.1 Å². The largest absolute Gasteiger partial charge is 0.305 e. The van der Waals surface area contributed by atoms with Crippen molar-refractivity contribution in [3.63, 3.8) is 0 Å². The predicted molar refractivity (Wildman–Crippen MR) is 62.2 cm³/mol. The average molecular weight is 221 g/mol. The summed E-state index contributed by atoms with van der Waals surface area (Å²) < 4.78 is 1.77. The van der Waals surface area contributed by atoms with Crippen LogP contribution in [-0.4, -0.2) is 27.6 Å².